The van der Waals surface area contributed by atoms with Crippen LogP contribution in [0.25, 0.3) is 11.8 Å². The predicted octanol–water partition coefficient (Wildman–Crippen LogP) is 2.13. The van der Waals surface area contributed by atoms with E-state index in [1.165, 1.54) is 18.5 Å². The molecule has 3 aromatic rings. The molecule has 1 aromatic carbocycles. The first-order valence-electron chi connectivity index (χ1n) is 8.13. The first-order valence-corrected chi connectivity index (χ1v) is 8.13. The summed E-state index contributed by atoms with van der Waals surface area (Å²) < 4.78 is 6.80. The molecule has 4 amide bonds. The standard InChI is InChI=1S/C19H14N4O4/c24-17-16(9-13-10-20-23(11-13)14-5-2-1-3-6-14)18(25)22(19(26)21-17)12-15-7-4-8-27-15/h1-11H,12H2,(H,21,24,26)/b16-9+. The Morgan fingerprint density at radius 3 is 2.63 bits per heavy atom. The lowest BCUT2D eigenvalue weighted by Gasteiger charge is -2.25. The lowest BCUT2D eigenvalue weighted by Crippen LogP contribution is -2.53. The van der Waals surface area contributed by atoms with Crippen molar-refractivity contribution in [3.05, 3.63) is 78.0 Å². The molecule has 4 rings (SSSR count). The average molecular weight is 362 g/mol. The van der Waals surface area contributed by atoms with Crippen LogP contribution in [0.15, 0.2) is 71.1 Å². The summed E-state index contributed by atoms with van der Waals surface area (Å²) in [6, 6.07) is 11.9. The number of hydrogen-bond acceptors (Lipinski definition) is 5. The largest absolute Gasteiger partial charge is 0.467 e. The molecule has 0 spiro atoms. The molecule has 8 heteroatoms. The van der Waals surface area contributed by atoms with Crippen molar-refractivity contribution >= 4 is 23.9 Å². The van der Waals surface area contributed by atoms with Crippen LogP contribution in [0.5, 0.6) is 0 Å². The number of benzene rings is 1. The van der Waals surface area contributed by atoms with Crippen LogP contribution in [-0.2, 0) is 16.1 Å². The van der Waals surface area contributed by atoms with Crippen molar-refractivity contribution in [2.75, 3.05) is 0 Å². The number of amides is 4. The minimum atomic E-state index is -0.779. The zero-order valence-corrected chi connectivity index (χ0v) is 14.0. The van der Waals surface area contributed by atoms with Gasteiger partial charge in [0.2, 0.25) is 0 Å². The van der Waals surface area contributed by atoms with Gasteiger partial charge in [-0.25, -0.2) is 9.48 Å². The van der Waals surface area contributed by atoms with E-state index in [4.69, 9.17) is 4.42 Å². The van der Waals surface area contributed by atoms with E-state index in [2.05, 4.69) is 10.4 Å². The van der Waals surface area contributed by atoms with E-state index in [1.54, 1.807) is 23.0 Å². The molecular weight excluding hydrogens is 348 g/mol. The summed E-state index contributed by atoms with van der Waals surface area (Å²) in [4.78, 5) is 37.7. The Balaban J connectivity index is 1.61. The molecular formula is C19H14N4O4. The molecule has 0 atom stereocenters. The third kappa shape index (κ3) is 3.28. The summed E-state index contributed by atoms with van der Waals surface area (Å²) in [5.74, 6) is -0.995. The van der Waals surface area contributed by atoms with E-state index in [9.17, 15) is 14.4 Å². The number of hydrogen-bond donors (Lipinski definition) is 1. The first-order chi connectivity index (χ1) is 13.1. The number of carbonyl (C=O) groups is 3. The van der Waals surface area contributed by atoms with Crippen molar-refractivity contribution in [1.82, 2.24) is 20.0 Å². The van der Waals surface area contributed by atoms with Gasteiger partial charge in [0.1, 0.15) is 11.3 Å². The lowest BCUT2D eigenvalue weighted by atomic mass is 10.1. The molecule has 0 unspecified atom stereocenters. The van der Waals surface area contributed by atoms with Crippen LogP contribution in [0.4, 0.5) is 4.79 Å². The molecule has 27 heavy (non-hydrogen) atoms. The van der Waals surface area contributed by atoms with Crippen molar-refractivity contribution in [2.45, 2.75) is 6.54 Å². The predicted molar refractivity (Wildman–Crippen MR) is 94.3 cm³/mol. The smallest absolute Gasteiger partial charge is 0.331 e. The highest BCUT2D eigenvalue weighted by atomic mass is 16.3. The Kier molecular flexibility index (Phi) is 4.13. The molecule has 134 valence electrons. The Morgan fingerprint density at radius 2 is 1.89 bits per heavy atom. The second-order valence-electron chi connectivity index (χ2n) is 5.84. The van der Waals surface area contributed by atoms with Crippen LogP contribution >= 0.6 is 0 Å². The Bertz CT molecular complexity index is 1030. The van der Waals surface area contributed by atoms with Gasteiger partial charge in [-0.3, -0.25) is 19.8 Å². The molecule has 2 aromatic heterocycles. The van der Waals surface area contributed by atoms with Crippen LogP contribution in [-0.4, -0.2) is 32.5 Å². The van der Waals surface area contributed by atoms with E-state index in [1.807, 2.05) is 30.3 Å². The van der Waals surface area contributed by atoms with Crippen LogP contribution in [0.2, 0.25) is 0 Å². The van der Waals surface area contributed by atoms with E-state index in [0.717, 1.165) is 10.6 Å². The van der Waals surface area contributed by atoms with Gasteiger partial charge in [0.15, 0.2) is 0 Å². The van der Waals surface area contributed by atoms with E-state index < -0.39 is 17.8 Å². The normalized spacial score (nSPS) is 16.1. The van der Waals surface area contributed by atoms with E-state index >= 15 is 0 Å². The number of para-hydroxylation sites is 1. The number of nitrogens with one attached hydrogen (secondary N) is 1. The molecule has 0 radical (unpaired) electrons. The minimum absolute atomic E-state index is 0.0639. The highest BCUT2D eigenvalue weighted by Gasteiger charge is 2.36. The molecule has 0 saturated carbocycles. The highest BCUT2D eigenvalue weighted by Crippen LogP contribution is 2.17. The summed E-state index contributed by atoms with van der Waals surface area (Å²) in [5.41, 5.74) is 1.26. The molecule has 1 aliphatic rings. The number of rotatable bonds is 4. The summed E-state index contributed by atoms with van der Waals surface area (Å²) in [5, 5.41) is 6.40. The molecule has 3 heterocycles. The number of aromatic nitrogens is 2. The lowest BCUT2D eigenvalue weighted by molar-refractivity contribution is -0.130. The summed E-state index contributed by atoms with van der Waals surface area (Å²) in [6.07, 6.45) is 6.08. The van der Waals surface area contributed by atoms with Gasteiger partial charge in [-0.15, -0.1) is 0 Å². The van der Waals surface area contributed by atoms with Gasteiger partial charge in [0, 0.05) is 11.8 Å². The second kappa shape index (κ2) is 6.75. The maximum atomic E-state index is 12.7. The summed E-state index contributed by atoms with van der Waals surface area (Å²) >= 11 is 0. The fraction of sp³-hybridized carbons (Fsp3) is 0.0526. The van der Waals surface area contributed by atoms with Gasteiger partial charge in [-0.2, -0.15) is 5.10 Å². The molecule has 0 aliphatic carbocycles. The number of imide groups is 2. The SMILES string of the molecule is O=C1NC(=O)N(Cc2ccco2)C(=O)/C1=C/c1cnn(-c2ccccc2)c1. The second-order valence-corrected chi connectivity index (χ2v) is 5.84. The van der Waals surface area contributed by atoms with Crippen molar-refractivity contribution in [3.63, 3.8) is 0 Å². The fourth-order valence-corrected chi connectivity index (χ4v) is 2.70. The molecule has 1 N–H and O–H groups in total. The zero-order chi connectivity index (χ0) is 18.8. The Labute approximate surface area is 153 Å². The third-order valence-corrected chi connectivity index (χ3v) is 4.01. The molecule has 0 bridgehead atoms. The number of barbiturate groups is 1. The Hall–Kier alpha value is -3.94. The molecule has 1 saturated heterocycles. The fourth-order valence-electron chi connectivity index (χ4n) is 2.70. The minimum Gasteiger partial charge on any atom is -0.467 e. The maximum Gasteiger partial charge on any atom is 0.331 e. The van der Waals surface area contributed by atoms with E-state index in [0.29, 0.717) is 11.3 Å². The van der Waals surface area contributed by atoms with Crippen LogP contribution in [0.3, 0.4) is 0 Å². The van der Waals surface area contributed by atoms with Crippen molar-refractivity contribution in [2.24, 2.45) is 0 Å². The molecule has 1 aliphatic heterocycles. The van der Waals surface area contributed by atoms with E-state index in [-0.39, 0.29) is 12.1 Å². The number of nitrogens with zero attached hydrogens (tertiary/aromatic N) is 3. The average Bonchev–Trinajstić information content (AvgIpc) is 3.35. The maximum absolute atomic E-state index is 12.7. The van der Waals surface area contributed by atoms with Crippen LogP contribution in [0.1, 0.15) is 11.3 Å². The Morgan fingerprint density at radius 1 is 1.07 bits per heavy atom. The number of carbonyl (C=O) groups excluding carboxylic acids is 3. The van der Waals surface area contributed by atoms with Gasteiger partial charge < -0.3 is 4.42 Å². The topological polar surface area (TPSA) is 97.4 Å². The third-order valence-electron chi connectivity index (χ3n) is 4.01. The van der Waals surface area contributed by atoms with Gasteiger partial charge in [0.05, 0.1) is 24.7 Å². The van der Waals surface area contributed by atoms with Gasteiger partial charge in [-0.1, -0.05) is 18.2 Å². The monoisotopic (exact) mass is 362 g/mol. The van der Waals surface area contributed by atoms with Gasteiger partial charge >= 0.3 is 6.03 Å². The zero-order valence-electron chi connectivity index (χ0n) is 14.0. The summed E-state index contributed by atoms with van der Waals surface area (Å²) in [6.45, 7) is -0.0639. The van der Waals surface area contributed by atoms with Crippen LogP contribution in [0, 0.1) is 0 Å². The van der Waals surface area contributed by atoms with Crippen molar-refractivity contribution in [1.29, 1.82) is 0 Å². The van der Waals surface area contributed by atoms with Gasteiger partial charge in [0.25, 0.3) is 11.8 Å². The summed E-state index contributed by atoms with van der Waals surface area (Å²) in [7, 11) is 0. The van der Waals surface area contributed by atoms with Crippen molar-refractivity contribution in [3.8, 4) is 5.69 Å². The van der Waals surface area contributed by atoms with Gasteiger partial charge in [-0.05, 0) is 30.3 Å². The highest BCUT2D eigenvalue weighted by molar-refractivity contribution is 6.30. The molecule has 8 nitrogen and oxygen atoms in total. The number of urea groups is 1. The van der Waals surface area contributed by atoms with Crippen LogP contribution < -0.4 is 5.32 Å². The first kappa shape index (κ1) is 16.5. The van der Waals surface area contributed by atoms with Crippen molar-refractivity contribution < 1.29 is 18.8 Å². The molecule has 1 fully saturated rings. The quantitative estimate of drug-likeness (QED) is 0.566. The number of furan rings is 1.